The van der Waals surface area contributed by atoms with Crippen molar-refractivity contribution in [3.8, 4) is 0 Å². The van der Waals surface area contributed by atoms with Gasteiger partial charge in [0.25, 0.3) is 5.91 Å². The van der Waals surface area contributed by atoms with E-state index in [2.05, 4.69) is 15.6 Å². The molecule has 1 aliphatic heterocycles. The molecule has 0 saturated carbocycles. The second kappa shape index (κ2) is 7.05. The molecule has 1 atom stereocenters. The van der Waals surface area contributed by atoms with Crippen LogP contribution < -0.4 is 5.32 Å². The van der Waals surface area contributed by atoms with Crippen LogP contribution in [0.15, 0.2) is 54.6 Å². The van der Waals surface area contributed by atoms with Gasteiger partial charge in [0.2, 0.25) is 0 Å². The second-order valence-electron chi connectivity index (χ2n) is 6.09. The number of ether oxygens (including phenoxy) is 1. The number of halogens is 1. The molecular weight excluding hydrogens is 335 g/mol. The highest BCUT2D eigenvalue weighted by atomic mass is 19.1. The fourth-order valence-corrected chi connectivity index (χ4v) is 2.93. The molecule has 3 aromatic rings. The number of hydrogen-bond acceptors (Lipinski definition) is 4. The fraction of sp³-hybridized carbons (Fsp3) is 0.211. The van der Waals surface area contributed by atoms with Gasteiger partial charge in [0, 0.05) is 6.54 Å². The second-order valence-corrected chi connectivity index (χ2v) is 6.09. The highest BCUT2D eigenvalue weighted by molar-refractivity contribution is 5.93. The Hall–Kier alpha value is -3.06. The average molecular weight is 352 g/mol. The van der Waals surface area contributed by atoms with Crippen LogP contribution in [-0.4, -0.2) is 20.9 Å². The molecule has 7 heteroatoms. The highest BCUT2D eigenvalue weighted by Gasteiger charge is 2.27. The monoisotopic (exact) mass is 352 g/mol. The third-order valence-corrected chi connectivity index (χ3v) is 4.35. The van der Waals surface area contributed by atoms with Crippen LogP contribution in [0.4, 0.5) is 4.39 Å². The summed E-state index contributed by atoms with van der Waals surface area (Å²) in [6.07, 6.45) is -0.245. The van der Waals surface area contributed by atoms with Gasteiger partial charge in [-0.15, -0.1) is 5.10 Å². The van der Waals surface area contributed by atoms with Gasteiger partial charge in [-0.1, -0.05) is 47.7 Å². The smallest absolute Gasteiger partial charge is 0.274 e. The number of benzene rings is 2. The van der Waals surface area contributed by atoms with Crippen molar-refractivity contribution in [1.29, 1.82) is 0 Å². The standard InChI is InChI=1S/C19H17FN4O2/c20-15-8-6-14(7-9-15)17-11-24-16(12-26-17)18(22-23-24)19(25)21-10-13-4-2-1-3-5-13/h1-9,17H,10-12H2,(H,21,25)/t17-/m0/s1. The minimum atomic E-state index is -0.289. The number of hydrogen-bond donors (Lipinski definition) is 1. The summed E-state index contributed by atoms with van der Waals surface area (Å²) in [6, 6.07) is 15.8. The van der Waals surface area contributed by atoms with E-state index >= 15 is 0 Å². The Morgan fingerprint density at radius 3 is 2.73 bits per heavy atom. The molecule has 6 nitrogen and oxygen atoms in total. The topological polar surface area (TPSA) is 69.0 Å². The first-order valence-electron chi connectivity index (χ1n) is 8.32. The van der Waals surface area contributed by atoms with Crippen LogP contribution in [0.2, 0.25) is 0 Å². The number of amides is 1. The summed E-state index contributed by atoms with van der Waals surface area (Å²) in [5, 5.41) is 10.9. The lowest BCUT2D eigenvalue weighted by molar-refractivity contribution is -0.00180. The van der Waals surface area contributed by atoms with Crippen molar-refractivity contribution in [1.82, 2.24) is 20.3 Å². The Kier molecular flexibility index (Phi) is 4.45. The van der Waals surface area contributed by atoms with E-state index in [1.165, 1.54) is 12.1 Å². The molecule has 2 heterocycles. The van der Waals surface area contributed by atoms with Crippen LogP contribution in [0.25, 0.3) is 0 Å². The van der Waals surface area contributed by atoms with Gasteiger partial charge in [-0.3, -0.25) is 4.79 Å². The Morgan fingerprint density at radius 1 is 1.19 bits per heavy atom. The van der Waals surface area contributed by atoms with Crippen molar-refractivity contribution in [2.45, 2.75) is 25.8 Å². The highest BCUT2D eigenvalue weighted by Crippen LogP contribution is 2.27. The third kappa shape index (κ3) is 3.34. The van der Waals surface area contributed by atoms with Crippen molar-refractivity contribution in [3.05, 3.63) is 82.9 Å². The maximum absolute atomic E-state index is 13.1. The molecule has 0 aliphatic carbocycles. The summed E-state index contributed by atoms with van der Waals surface area (Å²) in [7, 11) is 0. The Labute approximate surface area is 149 Å². The zero-order valence-corrected chi connectivity index (χ0v) is 13.9. The molecule has 0 fully saturated rings. The summed E-state index contributed by atoms with van der Waals surface area (Å²) >= 11 is 0. The van der Waals surface area contributed by atoms with E-state index < -0.39 is 0 Å². The van der Waals surface area contributed by atoms with Gasteiger partial charge in [-0.25, -0.2) is 9.07 Å². The van der Waals surface area contributed by atoms with E-state index in [4.69, 9.17) is 4.74 Å². The van der Waals surface area contributed by atoms with Gasteiger partial charge < -0.3 is 10.1 Å². The summed E-state index contributed by atoms with van der Waals surface area (Å²) in [4.78, 5) is 12.4. The lowest BCUT2D eigenvalue weighted by Crippen LogP contribution is -2.27. The summed E-state index contributed by atoms with van der Waals surface area (Å²) < 4.78 is 20.6. The minimum absolute atomic E-state index is 0.225. The van der Waals surface area contributed by atoms with Crippen LogP contribution in [0.1, 0.15) is 33.4 Å². The van der Waals surface area contributed by atoms with E-state index in [9.17, 15) is 9.18 Å². The van der Waals surface area contributed by atoms with Gasteiger partial charge in [0.05, 0.1) is 18.8 Å². The lowest BCUT2D eigenvalue weighted by atomic mass is 10.1. The van der Waals surface area contributed by atoms with E-state index in [-0.39, 0.29) is 30.1 Å². The molecule has 2 aromatic carbocycles. The zero-order valence-electron chi connectivity index (χ0n) is 13.9. The predicted molar refractivity (Wildman–Crippen MR) is 91.6 cm³/mol. The quantitative estimate of drug-likeness (QED) is 0.784. The normalized spacial score (nSPS) is 16.1. The summed E-state index contributed by atoms with van der Waals surface area (Å²) in [6.45, 7) is 1.08. The lowest BCUT2D eigenvalue weighted by Gasteiger charge is -2.24. The molecule has 26 heavy (non-hydrogen) atoms. The van der Waals surface area contributed by atoms with Crippen LogP contribution in [-0.2, 0) is 24.4 Å². The maximum Gasteiger partial charge on any atom is 0.274 e. The largest absolute Gasteiger partial charge is 0.365 e. The first-order valence-corrected chi connectivity index (χ1v) is 8.32. The molecule has 1 amide bonds. The number of rotatable bonds is 4. The SMILES string of the molecule is O=C(NCc1ccccc1)c1nnn2c1CO[C@H](c1ccc(F)cc1)C2. The number of nitrogens with one attached hydrogen (secondary N) is 1. The summed E-state index contributed by atoms with van der Waals surface area (Å²) in [5.74, 6) is -0.567. The van der Waals surface area contributed by atoms with E-state index in [1.54, 1.807) is 16.8 Å². The number of nitrogens with zero attached hydrogens (tertiary/aromatic N) is 3. The van der Waals surface area contributed by atoms with Gasteiger partial charge in [0.1, 0.15) is 11.9 Å². The maximum atomic E-state index is 13.1. The van der Waals surface area contributed by atoms with E-state index in [0.717, 1.165) is 11.1 Å². The Bertz CT molecular complexity index is 909. The minimum Gasteiger partial charge on any atom is -0.365 e. The Morgan fingerprint density at radius 2 is 1.96 bits per heavy atom. The zero-order chi connectivity index (χ0) is 17.9. The predicted octanol–water partition coefficient (Wildman–Crippen LogP) is 2.62. The molecule has 1 aliphatic rings. The van der Waals surface area contributed by atoms with Crippen molar-refractivity contribution in [2.75, 3.05) is 0 Å². The van der Waals surface area contributed by atoms with E-state index in [1.807, 2.05) is 30.3 Å². The van der Waals surface area contributed by atoms with Crippen molar-refractivity contribution < 1.29 is 13.9 Å². The first kappa shape index (κ1) is 16.4. The molecular formula is C19H17FN4O2. The molecule has 4 rings (SSSR count). The third-order valence-electron chi connectivity index (χ3n) is 4.35. The van der Waals surface area contributed by atoms with Crippen LogP contribution in [0, 0.1) is 5.82 Å². The van der Waals surface area contributed by atoms with Crippen LogP contribution >= 0.6 is 0 Å². The number of aromatic nitrogens is 3. The number of carbonyl (C=O) groups is 1. The molecule has 0 bridgehead atoms. The fourth-order valence-electron chi connectivity index (χ4n) is 2.93. The first-order chi connectivity index (χ1) is 12.7. The average Bonchev–Trinajstić information content (AvgIpc) is 3.11. The summed E-state index contributed by atoms with van der Waals surface area (Å²) in [5.41, 5.74) is 2.80. The Balaban J connectivity index is 1.45. The van der Waals surface area contributed by atoms with Crippen LogP contribution in [0.3, 0.4) is 0 Å². The van der Waals surface area contributed by atoms with Crippen molar-refractivity contribution >= 4 is 5.91 Å². The molecule has 0 saturated heterocycles. The van der Waals surface area contributed by atoms with Crippen LogP contribution in [0.5, 0.6) is 0 Å². The van der Waals surface area contributed by atoms with Crippen molar-refractivity contribution in [2.24, 2.45) is 0 Å². The number of fused-ring (bicyclic) bond motifs is 1. The number of carbonyl (C=O) groups excluding carboxylic acids is 1. The van der Waals surface area contributed by atoms with Gasteiger partial charge >= 0.3 is 0 Å². The molecule has 0 radical (unpaired) electrons. The van der Waals surface area contributed by atoms with E-state index in [0.29, 0.717) is 18.8 Å². The van der Waals surface area contributed by atoms with Gasteiger partial charge in [0.15, 0.2) is 5.69 Å². The molecule has 0 unspecified atom stereocenters. The van der Waals surface area contributed by atoms with Crippen molar-refractivity contribution in [3.63, 3.8) is 0 Å². The molecule has 0 spiro atoms. The van der Waals surface area contributed by atoms with Gasteiger partial charge in [-0.2, -0.15) is 0 Å². The molecule has 1 N–H and O–H groups in total. The molecule has 1 aromatic heterocycles. The van der Waals surface area contributed by atoms with Gasteiger partial charge in [-0.05, 0) is 23.3 Å². The molecule has 132 valence electrons.